The average Bonchev–Trinajstić information content (AvgIpc) is 3.48. The summed E-state index contributed by atoms with van der Waals surface area (Å²) in [5.41, 5.74) is 7.05. The number of nitrogens with one attached hydrogen (secondary N) is 2. The standard InChI is InChI=1S/C22H29N7O3/c1-16(21-12-23-15-24-21)26-25-11-17-2-4-18(5-3-17)20-10-19(32-27-20)13-28-6-8-29(9-7-28)14-22(30)31/h2-5,11-12,15-16,19,26H,6-10,13-14H2,1H3,(H,23,24)(H,30,31)/b25-11+. The van der Waals surface area contributed by atoms with Gasteiger partial charge in [0.25, 0.3) is 0 Å². The summed E-state index contributed by atoms with van der Waals surface area (Å²) in [6.07, 6.45) is 6.02. The zero-order chi connectivity index (χ0) is 22.3. The second-order valence-electron chi connectivity index (χ2n) is 8.18. The van der Waals surface area contributed by atoms with Gasteiger partial charge in [0.15, 0.2) is 0 Å². The van der Waals surface area contributed by atoms with E-state index in [1.54, 1.807) is 18.7 Å². The van der Waals surface area contributed by atoms with Crippen LogP contribution in [0.15, 0.2) is 47.0 Å². The van der Waals surface area contributed by atoms with Crippen LogP contribution in [0, 0.1) is 0 Å². The highest BCUT2D eigenvalue weighted by atomic mass is 16.6. The van der Waals surface area contributed by atoms with Crippen LogP contribution in [0.2, 0.25) is 0 Å². The molecular formula is C22H29N7O3. The zero-order valence-electron chi connectivity index (χ0n) is 18.1. The van der Waals surface area contributed by atoms with Gasteiger partial charge in [0.2, 0.25) is 0 Å². The molecule has 3 N–H and O–H groups in total. The number of hydrazone groups is 1. The average molecular weight is 440 g/mol. The molecular weight excluding hydrogens is 410 g/mol. The number of imidazole rings is 1. The molecule has 3 heterocycles. The maximum Gasteiger partial charge on any atom is 0.317 e. The van der Waals surface area contributed by atoms with Crippen molar-refractivity contribution >= 4 is 17.9 Å². The van der Waals surface area contributed by atoms with E-state index in [-0.39, 0.29) is 18.7 Å². The van der Waals surface area contributed by atoms with Crippen molar-refractivity contribution in [2.24, 2.45) is 10.3 Å². The molecule has 1 saturated heterocycles. The number of benzene rings is 1. The number of nitrogens with zero attached hydrogens (tertiary/aromatic N) is 5. The van der Waals surface area contributed by atoms with Crippen LogP contribution in [0.5, 0.6) is 0 Å². The highest BCUT2D eigenvalue weighted by Crippen LogP contribution is 2.19. The van der Waals surface area contributed by atoms with E-state index in [1.807, 2.05) is 36.1 Å². The van der Waals surface area contributed by atoms with Crippen LogP contribution in [0.1, 0.15) is 36.2 Å². The van der Waals surface area contributed by atoms with E-state index >= 15 is 0 Å². The van der Waals surface area contributed by atoms with Crippen molar-refractivity contribution < 1.29 is 14.7 Å². The first-order valence-electron chi connectivity index (χ1n) is 10.8. The summed E-state index contributed by atoms with van der Waals surface area (Å²) in [6, 6.07) is 8.15. The summed E-state index contributed by atoms with van der Waals surface area (Å²) >= 11 is 0. The third-order valence-corrected chi connectivity index (χ3v) is 5.73. The molecule has 2 unspecified atom stereocenters. The number of aliphatic carboxylic acids is 1. The normalized spacial score (nSPS) is 20.8. The Labute approximate surface area is 187 Å². The molecule has 170 valence electrons. The molecule has 1 aromatic carbocycles. The van der Waals surface area contributed by atoms with Crippen LogP contribution in [-0.4, -0.2) is 88.1 Å². The minimum atomic E-state index is -0.771. The van der Waals surface area contributed by atoms with Crippen molar-refractivity contribution in [3.63, 3.8) is 0 Å². The summed E-state index contributed by atoms with van der Waals surface area (Å²) < 4.78 is 0. The fourth-order valence-corrected chi connectivity index (χ4v) is 3.86. The molecule has 0 bridgehead atoms. The number of hydrogen-bond acceptors (Lipinski definition) is 8. The molecule has 2 aliphatic rings. The Bertz CT molecular complexity index is 935. The van der Waals surface area contributed by atoms with E-state index in [4.69, 9.17) is 9.94 Å². The minimum absolute atomic E-state index is 0.0328. The van der Waals surface area contributed by atoms with Crippen molar-refractivity contribution in [2.75, 3.05) is 39.3 Å². The van der Waals surface area contributed by atoms with Crippen LogP contribution >= 0.6 is 0 Å². The molecule has 1 aromatic heterocycles. The van der Waals surface area contributed by atoms with Gasteiger partial charge in [-0.15, -0.1) is 0 Å². The van der Waals surface area contributed by atoms with Gasteiger partial charge in [0.05, 0.1) is 42.7 Å². The number of rotatable bonds is 9. The van der Waals surface area contributed by atoms with Crippen molar-refractivity contribution in [3.05, 3.63) is 53.6 Å². The van der Waals surface area contributed by atoms with Gasteiger partial charge >= 0.3 is 5.97 Å². The first-order valence-corrected chi connectivity index (χ1v) is 10.8. The Morgan fingerprint density at radius 2 is 2.06 bits per heavy atom. The molecule has 1 fully saturated rings. The fraction of sp³-hybridized carbons (Fsp3) is 0.455. The molecule has 2 atom stereocenters. The molecule has 32 heavy (non-hydrogen) atoms. The van der Waals surface area contributed by atoms with Gasteiger partial charge in [-0.1, -0.05) is 29.4 Å². The lowest BCUT2D eigenvalue weighted by Gasteiger charge is -2.34. The summed E-state index contributed by atoms with van der Waals surface area (Å²) in [6.45, 7) is 6.17. The Hall–Kier alpha value is -3.24. The summed E-state index contributed by atoms with van der Waals surface area (Å²) in [4.78, 5) is 27.9. The highest BCUT2D eigenvalue weighted by molar-refractivity contribution is 6.01. The number of hydrogen-bond donors (Lipinski definition) is 3. The number of oxime groups is 1. The Morgan fingerprint density at radius 3 is 2.75 bits per heavy atom. The van der Waals surface area contributed by atoms with Gasteiger partial charge in [-0.2, -0.15) is 5.10 Å². The van der Waals surface area contributed by atoms with Crippen LogP contribution in [0.4, 0.5) is 0 Å². The predicted molar refractivity (Wildman–Crippen MR) is 121 cm³/mol. The lowest BCUT2D eigenvalue weighted by Crippen LogP contribution is -2.49. The highest BCUT2D eigenvalue weighted by Gasteiger charge is 2.26. The van der Waals surface area contributed by atoms with E-state index in [9.17, 15) is 4.79 Å². The van der Waals surface area contributed by atoms with E-state index in [1.165, 1.54) is 0 Å². The smallest absolute Gasteiger partial charge is 0.317 e. The molecule has 10 nitrogen and oxygen atoms in total. The predicted octanol–water partition coefficient (Wildman–Crippen LogP) is 1.29. The SMILES string of the molecule is CC(N/N=C/c1ccc(C2=NOC(CN3CCN(CC(=O)O)CC3)C2)cc1)c1cnc[nH]1. The van der Waals surface area contributed by atoms with Crippen LogP contribution in [-0.2, 0) is 9.63 Å². The molecule has 0 aliphatic carbocycles. The van der Waals surface area contributed by atoms with Gasteiger partial charge in [-0.3, -0.25) is 14.6 Å². The molecule has 0 radical (unpaired) electrons. The second-order valence-corrected chi connectivity index (χ2v) is 8.18. The number of H-pyrrole nitrogens is 1. The number of aromatic amines is 1. The quantitative estimate of drug-likeness (QED) is 0.398. The molecule has 2 aliphatic heterocycles. The number of piperazine rings is 1. The maximum absolute atomic E-state index is 10.8. The van der Waals surface area contributed by atoms with E-state index < -0.39 is 5.97 Å². The number of carboxylic acids is 1. The topological polar surface area (TPSA) is 118 Å². The van der Waals surface area contributed by atoms with E-state index in [2.05, 4.69) is 30.6 Å². The first kappa shape index (κ1) is 22.0. The number of carboxylic acid groups (broad SMARTS) is 1. The molecule has 0 saturated carbocycles. The van der Waals surface area contributed by atoms with E-state index in [0.717, 1.165) is 61.7 Å². The minimum Gasteiger partial charge on any atom is -0.480 e. The van der Waals surface area contributed by atoms with Crippen molar-refractivity contribution in [1.29, 1.82) is 0 Å². The molecule has 10 heteroatoms. The largest absolute Gasteiger partial charge is 0.480 e. The summed E-state index contributed by atoms with van der Waals surface area (Å²) in [5, 5.41) is 17.5. The van der Waals surface area contributed by atoms with E-state index in [0.29, 0.717) is 0 Å². The van der Waals surface area contributed by atoms with Crippen molar-refractivity contribution in [2.45, 2.75) is 25.5 Å². The van der Waals surface area contributed by atoms with Gasteiger partial charge in [-0.05, 0) is 18.1 Å². The lowest BCUT2D eigenvalue weighted by atomic mass is 10.0. The number of carbonyl (C=O) groups is 1. The first-order chi connectivity index (χ1) is 15.6. The molecule has 2 aromatic rings. The Balaban J connectivity index is 1.21. The number of aromatic nitrogens is 2. The molecule has 4 rings (SSSR count). The molecule has 0 spiro atoms. The van der Waals surface area contributed by atoms with Gasteiger partial charge in [0, 0.05) is 39.1 Å². The summed E-state index contributed by atoms with van der Waals surface area (Å²) in [5.74, 6) is -0.771. The third kappa shape index (κ3) is 5.92. The van der Waals surface area contributed by atoms with Crippen molar-refractivity contribution in [3.8, 4) is 0 Å². The van der Waals surface area contributed by atoms with Crippen LogP contribution in [0.25, 0.3) is 0 Å². The van der Waals surface area contributed by atoms with Crippen molar-refractivity contribution in [1.82, 2.24) is 25.2 Å². The molecule has 0 amide bonds. The van der Waals surface area contributed by atoms with Crippen LogP contribution in [0.3, 0.4) is 0 Å². The lowest BCUT2D eigenvalue weighted by molar-refractivity contribution is -0.138. The maximum atomic E-state index is 10.8. The van der Waals surface area contributed by atoms with Gasteiger partial charge in [0.1, 0.15) is 6.10 Å². The van der Waals surface area contributed by atoms with Crippen LogP contribution < -0.4 is 5.43 Å². The van der Waals surface area contributed by atoms with Gasteiger partial charge < -0.3 is 20.4 Å². The Morgan fingerprint density at radius 1 is 1.31 bits per heavy atom. The van der Waals surface area contributed by atoms with Gasteiger partial charge in [-0.25, -0.2) is 4.98 Å². The fourth-order valence-electron chi connectivity index (χ4n) is 3.86. The summed E-state index contributed by atoms with van der Waals surface area (Å²) in [7, 11) is 0. The third-order valence-electron chi connectivity index (χ3n) is 5.73. The Kier molecular flexibility index (Phi) is 7.13. The second kappa shape index (κ2) is 10.4. The monoisotopic (exact) mass is 439 g/mol. The zero-order valence-corrected chi connectivity index (χ0v) is 18.1.